The lowest BCUT2D eigenvalue weighted by Gasteiger charge is -2.00. The molecule has 0 radical (unpaired) electrons. The first kappa shape index (κ1) is 15.3. The molecule has 3 aromatic heterocycles. The van der Waals surface area contributed by atoms with Crippen molar-refractivity contribution in [3.05, 3.63) is 41.7 Å². The molecule has 0 amide bonds. The minimum Gasteiger partial charge on any atom is -0.469 e. The number of likely N-dealkylation sites (N-methyl/N-ethyl adjacent to an activating group) is 1. The summed E-state index contributed by atoms with van der Waals surface area (Å²) in [5.41, 5.74) is 7.90. The highest BCUT2D eigenvalue weighted by atomic mass is 35.5. The van der Waals surface area contributed by atoms with E-state index in [0.29, 0.717) is 18.1 Å². The smallest absolute Gasteiger partial charge is 0.143 e. The number of aromatic nitrogens is 3. The maximum atomic E-state index is 6.01. The van der Waals surface area contributed by atoms with E-state index in [-0.39, 0.29) is 12.4 Å². The van der Waals surface area contributed by atoms with Crippen LogP contribution in [0.15, 0.2) is 28.9 Å². The molecule has 3 aromatic rings. The Bertz CT molecular complexity index is 708. The van der Waals surface area contributed by atoms with Gasteiger partial charge in [-0.2, -0.15) is 0 Å². The van der Waals surface area contributed by atoms with Gasteiger partial charge in [0.15, 0.2) is 0 Å². The number of furan rings is 1. The number of nitrogens with zero attached hydrogens (tertiary/aromatic N) is 2. The lowest BCUT2D eigenvalue weighted by atomic mass is 10.2. The molecule has 0 aromatic carbocycles. The first-order chi connectivity index (χ1) is 9.76. The SMILES string of the molecule is CNCCc1cc2c(N)nc(Cc3ccco3)nc2[nH]1.Cl. The number of nitrogens with one attached hydrogen (secondary N) is 2. The molecule has 0 aliphatic rings. The van der Waals surface area contributed by atoms with Crippen molar-refractivity contribution >= 4 is 29.3 Å². The Balaban J connectivity index is 0.00000161. The molecule has 0 saturated carbocycles. The highest BCUT2D eigenvalue weighted by Gasteiger charge is 2.10. The van der Waals surface area contributed by atoms with E-state index in [2.05, 4.69) is 20.3 Å². The van der Waals surface area contributed by atoms with Gasteiger partial charge in [0.2, 0.25) is 0 Å². The molecule has 4 N–H and O–H groups in total. The molecule has 7 heteroatoms. The quantitative estimate of drug-likeness (QED) is 0.669. The average Bonchev–Trinajstić information content (AvgIpc) is 3.05. The Morgan fingerprint density at radius 1 is 1.38 bits per heavy atom. The summed E-state index contributed by atoms with van der Waals surface area (Å²) in [5.74, 6) is 1.99. The summed E-state index contributed by atoms with van der Waals surface area (Å²) in [4.78, 5) is 12.1. The van der Waals surface area contributed by atoms with Gasteiger partial charge >= 0.3 is 0 Å². The maximum absolute atomic E-state index is 6.01. The molecule has 0 unspecified atom stereocenters. The van der Waals surface area contributed by atoms with Crippen LogP contribution < -0.4 is 11.1 Å². The highest BCUT2D eigenvalue weighted by molar-refractivity contribution is 5.86. The normalized spacial score (nSPS) is 10.7. The number of hydrogen-bond acceptors (Lipinski definition) is 5. The van der Waals surface area contributed by atoms with E-state index in [9.17, 15) is 0 Å². The molecule has 0 aliphatic heterocycles. The van der Waals surface area contributed by atoms with E-state index in [0.717, 1.165) is 35.5 Å². The largest absolute Gasteiger partial charge is 0.469 e. The number of fused-ring (bicyclic) bond motifs is 1. The molecular weight excluding hydrogens is 290 g/mol. The lowest BCUT2D eigenvalue weighted by molar-refractivity contribution is 0.517. The standard InChI is InChI=1S/C14H17N5O.ClH/c1-16-5-4-9-7-11-13(15)18-12(19-14(11)17-9)8-10-3-2-6-20-10;/h2-3,6-7,16H,4-5,8H2,1H3,(H3,15,17,18,19);1H. The summed E-state index contributed by atoms with van der Waals surface area (Å²) >= 11 is 0. The molecule has 112 valence electrons. The first-order valence-corrected chi connectivity index (χ1v) is 6.57. The summed E-state index contributed by atoms with van der Waals surface area (Å²) in [5, 5.41) is 3.99. The van der Waals surface area contributed by atoms with Crippen LogP contribution in [0.5, 0.6) is 0 Å². The average molecular weight is 308 g/mol. The van der Waals surface area contributed by atoms with Crippen LogP contribution >= 0.6 is 12.4 Å². The Morgan fingerprint density at radius 2 is 2.24 bits per heavy atom. The van der Waals surface area contributed by atoms with Gasteiger partial charge < -0.3 is 20.5 Å². The molecule has 6 nitrogen and oxygen atoms in total. The van der Waals surface area contributed by atoms with Gasteiger partial charge in [-0.15, -0.1) is 12.4 Å². The highest BCUT2D eigenvalue weighted by Crippen LogP contribution is 2.20. The second-order valence-corrected chi connectivity index (χ2v) is 4.69. The Labute approximate surface area is 128 Å². The molecule has 0 aliphatic carbocycles. The van der Waals surface area contributed by atoms with E-state index in [1.165, 1.54) is 0 Å². The van der Waals surface area contributed by atoms with Gasteiger partial charge in [0.05, 0.1) is 18.1 Å². The van der Waals surface area contributed by atoms with Crippen molar-refractivity contribution in [3.63, 3.8) is 0 Å². The van der Waals surface area contributed by atoms with Gasteiger partial charge in [0.1, 0.15) is 23.0 Å². The second-order valence-electron chi connectivity index (χ2n) is 4.69. The number of H-pyrrole nitrogens is 1. The summed E-state index contributed by atoms with van der Waals surface area (Å²) < 4.78 is 5.31. The van der Waals surface area contributed by atoms with Gasteiger partial charge in [-0.05, 0) is 31.7 Å². The number of nitrogen functional groups attached to an aromatic ring is 1. The zero-order valence-electron chi connectivity index (χ0n) is 11.7. The Kier molecular flexibility index (Phi) is 4.82. The van der Waals surface area contributed by atoms with Crippen molar-refractivity contribution in [1.82, 2.24) is 20.3 Å². The third kappa shape index (κ3) is 3.34. The number of hydrogen-bond donors (Lipinski definition) is 3. The van der Waals surface area contributed by atoms with Crippen molar-refractivity contribution in [2.24, 2.45) is 0 Å². The number of anilines is 1. The van der Waals surface area contributed by atoms with Gasteiger partial charge in [-0.1, -0.05) is 0 Å². The molecule has 3 heterocycles. The monoisotopic (exact) mass is 307 g/mol. The van der Waals surface area contributed by atoms with Crippen molar-refractivity contribution in [1.29, 1.82) is 0 Å². The molecule has 0 fully saturated rings. The maximum Gasteiger partial charge on any atom is 0.143 e. The van der Waals surface area contributed by atoms with Gasteiger partial charge in [-0.25, -0.2) is 9.97 Å². The van der Waals surface area contributed by atoms with Gasteiger partial charge in [-0.3, -0.25) is 0 Å². The van der Waals surface area contributed by atoms with E-state index < -0.39 is 0 Å². The fraction of sp³-hybridized carbons (Fsp3) is 0.286. The van der Waals surface area contributed by atoms with E-state index in [1.54, 1.807) is 6.26 Å². The second kappa shape index (κ2) is 6.60. The van der Waals surface area contributed by atoms with Crippen LogP contribution in [0.3, 0.4) is 0 Å². The van der Waals surface area contributed by atoms with Gasteiger partial charge in [0, 0.05) is 12.2 Å². The van der Waals surface area contributed by atoms with Crippen LogP contribution in [0.25, 0.3) is 11.0 Å². The topological polar surface area (TPSA) is 92.8 Å². The Morgan fingerprint density at radius 3 is 2.95 bits per heavy atom. The van der Waals surface area contributed by atoms with Crippen molar-refractivity contribution in [3.8, 4) is 0 Å². The van der Waals surface area contributed by atoms with Crippen LogP contribution in [-0.2, 0) is 12.8 Å². The summed E-state index contributed by atoms with van der Waals surface area (Å²) in [6.45, 7) is 0.902. The Hall–Kier alpha value is -2.05. The molecule has 3 rings (SSSR count). The van der Waals surface area contributed by atoms with Crippen LogP contribution in [0.1, 0.15) is 17.3 Å². The minimum atomic E-state index is 0. The van der Waals surface area contributed by atoms with Crippen molar-refractivity contribution < 1.29 is 4.42 Å². The van der Waals surface area contributed by atoms with Crippen molar-refractivity contribution in [2.45, 2.75) is 12.8 Å². The molecule has 0 atom stereocenters. The molecule has 0 saturated heterocycles. The van der Waals surface area contributed by atoms with E-state index in [4.69, 9.17) is 10.2 Å². The number of rotatable bonds is 5. The fourth-order valence-electron chi connectivity index (χ4n) is 2.18. The predicted octanol–water partition coefficient (Wildman–Crippen LogP) is 1.91. The van der Waals surface area contributed by atoms with Crippen LogP contribution in [-0.4, -0.2) is 28.5 Å². The van der Waals surface area contributed by atoms with Crippen molar-refractivity contribution in [2.75, 3.05) is 19.3 Å². The lowest BCUT2D eigenvalue weighted by Crippen LogP contribution is -2.10. The molecule has 21 heavy (non-hydrogen) atoms. The summed E-state index contributed by atoms with van der Waals surface area (Å²) in [7, 11) is 1.93. The number of nitrogens with two attached hydrogens (primary N) is 1. The molecular formula is C14H18ClN5O. The minimum absolute atomic E-state index is 0. The van der Waals surface area contributed by atoms with Crippen LogP contribution in [0.4, 0.5) is 5.82 Å². The van der Waals surface area contributed by atoms with E-state index in [1.807, 2.05) is 25.2 Å². The zero-order chi connectivity index (χ0) is 13.9. The summed E-state index contributed by atoms with van der Waals surface area (Å²) in [6.07, 6.45) is 3.08. The summed E-state index contributed by atoms with van der Waals surface area (Å²) in [6, 6.07) is 5.76. The van der Waals surface area contributed by atoms with Gasteiger partial charge in [0.25, 0.3) is 0 Å². The van der Waals surface area contributed by atoms with Crippen LogP contribution in [0.2, 0.25) is 0 Å². The third-order valence-corrected chi connectivity index (χ3v) is 3.18. The van der Waals surface area contributed by atoms with Crippen LogP contribution in [0, 0.1) is 0 Å². The number of halogens is 1. The third-order valence-electron chi connectivity index (χ3n) is 3.18. The zero-order valence-corrected chi connectivity index (χ0v) is 12.5. The first-order valence-electron chi connectivity index (χ1n) is 6.57. The van der Waals surface area contributed by atoms with E-state index >= 15 is 0 Å². The molecule has 0 spiro atoms. The predicted molar refractivity (Wildman–Crippen MR) is 84.7 cm³/mol. The molecule has 0 bridgehead atoms. The number of aromatic amines is 1. The fourth-order valence-corrected chi connectivity index (χ4v) is 2.18.